The van der Waals surface area contributed by atoms with Crippen LogP contribution in [0.5, 0.6) is 0 Å². The SMILES string of the molecule is Cc1nc(CNc2c(C)nn(C(C)C)c2C)cs1. The van der Waals surface area contributed by atoms with E-state index in [9.17, 15) is 0 Å². The highest BCUT2D eigenvalue weighted by atomic mass is 32.1. The predicted molar refractivity (Wildman–Crippen MR) is 76.3 cm³/mol. The maximum atomic E-state index is 4.56. The molecule has 2 heterocycles. The molecule has 0 aliphatic carbocycles. The van der Waals surface area contributed by atoms with Crippen LogP contribution in [-0.4, -0.2) is 14.8 Å². The van der Waals surface area contributed by atoms with Gasteiger partial charge in [-0.3, -0.25) is 4.68 Å². The number of aromatic nitrogens is 3. The molecule has 2 aromatic heterocycles. The van der Waals surface area contributed by atoms with Gasteiger partial charge in [0, 0.05) is 11.4 Å². The standard InChI is InChI=1S/C13H20N4S/c1-8(2)17-10(4)13(9(3)16-17)14-6-12-7-18-11(5)15-12/h7-8,14H,6H2,1-5H3. The molecule has 5 heteroatoms. The predicted octanol–water partition coefficient (Wildman–Crippen LogP) is 3.46. The first kappa shape index (κ1) is 13.1. The average molecular weight is 264 g/mol. The Morgan fingerprint density at radius 1 is 1.33 bits per heavy atom. The molecule has 0 atom stereocenters. The van der Waals surface area contributed by atoms with E-state index in [1.807, 2.05) is 13.8 Å². The zero-order valence-electron chi connectivity index (χ0n) is 11.6. The molecule has 0 unspecified atom stereocenters. The van der Waals surface area contributed by atoms with Crippen molar-refractivity contribution in [3.05, 3.63) is 27.5 Å². The van der Waals surface area contributed by atoms with Gasteiger partial charge in [0.1, 0.15) is 0 Å². The minimum Gasteiger partial charge on any atom is -0.376 e. The highest BCUT2D eigenvalue weighted by molar-refractivity contribution is 7.09. The summed E-state index contributed by atoms with van der Waals surface area (Å²) in [5, 5.41) is 11.2. The third kappa shape index (κ3) is 2.56. The van der Waals surface area contributed by atoms with Crippen LogP contribution < -0.4 is 5.32 Å². The lowest BCUT2D eigenvalue weighted by Crippen LogP contribution is -2.06. The fourth-order valence-corrected chi connectivity index (χ4v) is 2.70. The van der Waals surface area contributed by atoms with Crippen LogP contribution in [0.3, 0.4) is 0 Å². The Morgan fingerprint density at radius 3 is 2.56 bits per heavy atom. The molecule has 0 fully saturated rings. The van der Waals surface area contributed by atoms with Gasteiger partial charge in [-0.25, -0.2) is 4.98 Å². The fourth-order valence-electron chi connectivity index (χ4n) is 2.09. The second-order valence-corrected chi connectivity index (χ2v) is 5.86. The zero-order chi connectivity index (χ0) is 13.3. The van der Waals surface area contributed by atoms with Crippen molar-refractivity contribution in [1.82, 2.24) is 14.8 Å². The first-order chi connectivity index (χ1) is 8.49. The van der Waals surface area contributed by atoms with Crippen molar-refractivity contribution < 1.29 is 0 Å². The monoisotopic (exact) mass is 264 g/mol. The van der Waals surface area contributed by atoms with E-state index in [4.69, 9.17) is 0 Å². The summed E-state index contributed by atoms with van der Waals surface area (Å²) in [7, 11) is 0. The number of nitrogens with one attached hydrogen (secondary N) is 1. The molecule has 0 saturated heterocycles. The third-order valence-electron chi connectivity index (χ3n) is 2.93. The summed E-state index contributed by atoms with van der Waals surface area (Å²) >= 11 is 1.69. The first-order valence-electron chi connectivity index (χ1n) is 6.19. The van der Waals surface area contributed by atoms with Gasteiger partial charge in [0.15, 0.2) is 0 Å². The Kier molecular flexibility index (Phi) is 3.71. The van der Waals surface area contributed by atoms with Crippen molar-refractivity contribution in [1.29, 1.82) is 0 Å². The minimum atomic E-state index is 0.390. The molecule has 0 aliphatic rings. The Hall–Kier alpha value is -1.36. The van der Waals surface area contributed by atoms with Crippen LogP contribution in [0.15, 0.2) is 5.38 Å². The van der Waals surface area contributed by atoms with Crippen molar-refractivity contribution in [2.45, 2.75) is 47.2 Å². The molecule has 0 radical (unpaired) electrons. The molecular formula is C13H20N4S. The van der Waals surface area contributed by atoms with Gasteiger partial charge in [-0.2, -0.15) is 5.10 Å². The Balaban J connectivity index is 2.14. The van der Waals surface area contributed by atoms with E-state index in [0.717, 1.165) is 28.6 Å². The first-order valence-corrected chi connectivity index (χ1v) is 7.07. The van der Waals surface area contributed by atoms with E-state index >= 15 is 0 Å². The molecule has 18 heavy (non-hydrogen) atoms. The molecular weight excluding hydrogens is 244 g/mol. The van der Waals surface area contributed by atoms with E-state index < -0.39 is 0 Å². The lowest BCUT2D eigenvalue weighted by atomic mass is 10.3. The quantitative estimate of drug-likeness (QED) is 0.919. The van der Waals surface area contributed by atoms with Crippen LogP contribution >= 0.6 is 11.3 Å². The van der Waals surface area contributed by atoms with Crippen molar-refractivity contribution in [2.75, 3.05) is 5.32 Å². The summed E-state index contributed by atoms with van der Waals surface area (Å²) in [6, 6.07) is 0.390. The third-order valence-corrected chi connectivity index (χ3v) is 3.75. The van der Waals surface area contributed by atoms with Crippen molar-refractivity contribution in [3.8, 4) is 0 Å². The largest absolute Gasteiger partial charge is 0.376 e. The highest BCUT2D eigenvalue weighted by Gasteiger charge is 2.13. The van der Waals surface area contributed by atoms with E-state index in [-0.39, 0.29) is 0 Å². The number of thiazole rings is 1. The van der Waals surface area contributed by atoms with Crippen LogP contribution in [0.1, 0.15) is 42.0 Å². The molecule has 0 amide bonds. The minimum absolute atomic E-state index is 0.390. The topological polar surface area (TPSA) is 42.7 Å². The number of hydrogen-bond donors (Lipinski definition) is 1. The summed E-state index contributed by atoms with van der Waals surface area (Å²) in [5.41, 5.74) is 4.46. The summed E-state index contributed by atoms with van der Waals surface area (Å²) in [6.07, 6.45) is 0. The van der Waals surface area contributed by atoms with E-state index in [1.165, 1.54) is 5.69 Å². The van der Waals surface area contributed by atoms with Crippen LogP contribution in [0.4, 0.5) is 5.69 Å². The van der Waals surface area contributed by atoms with Crippen molar-refractivity contribution >= 4 is 17.0 Å². The van der Waals surface area contributed by atoms with E-state index in [2.05, 4.69) is 46.2 Å². The average Bonchev–Trinajstić information content (AvgIpc) is 2.82. The molecule has 0 saturated carbocycles. The Morgan fingerprint density at radius 2 is 2.06 bits per heavy atom. The molecule has 2 aromatic rings. The molecule has 0 spiro atoms. The van der Waals surface area contributed by atoms with Gasteiger partial charge < -0.3 is 5.32 Å². The second kappa shape index (κ2) is 5.10. The molecule has 2 rings (SSSR count). The van der Waals surface area contributed by atoms with E-state index in [0.29, 0.717) is 6.04 Å². The summed E-state index contributed by atoms with van der Waals surface area (Å²) in [4.78, 5) is 4.46. The van der Waals surface area contributed by atoms with Gasteiger partial charge >= 0.3 is 0 Å². The van der Waals surface area contributed by atoms with Gasteiger partial charge in [0.05, 0.1) is 34.3 Å². The van der Waals surface area contributed by atoms with E-state index in [1.54, 1.807) is 11.3 Å². The molecule has 1 N–H and O–H groups in total. The fraction of sp³-hybridized carbons (Fsp3) is 0.538. The molecule has 0 aromatic carbocycles. The van der Waals surface area contributed by atoms with Gasteiger partial charge in [-0.15, -0.1) is 11.3 Å². The molecule has 0 bridgehead atoms. The van der Waals surface area contributed by atoms with Crippen LogP contribution in [0, 0.1) is 20.8 Å². The molecule has 4 nitrogen and oxygen atoms in total. The molecule has 98 valence electrons. The lowest BCUT2D eigenvalue weighted by Gasteiger charge is -2.09. The summed E-state index contributed by atoms with van der Waals surface area (Å²) in [6.45, 7) is 11.2. The number of rotatable bonds is 4. The van der Waals surface area contributed by atoms with Crippen LogP contribution in [0.25, 0.3) is 0 Å². The number of aryl methyl sites for hydroxylation is 2. The highest BCUT2D eigenvalue weighted by Crippen LogP contribution is 2.23. The van der Waals surface area contributed by atoms with Gasteiger partial charge in [-0.1, -0.05) is 0 Å². The summed E-state index contributed by atoms with van der Waals surface area (Å²) < 4.78 is 2.06. The Bertz CT molecular complexity index is 539. The normalized spacial score (nSPS) is 11.2. The lowest BCUT2D eigenvalue weighted by molar-refractivity contribution is 0.516. The van der Waals surface area contributed by atoms with Gasteiger partial charge in [0.25, 0.3) is 0 Å². The van der Waals surface area contributed by atoms with Crippen LogP contribution in [-0.2, 0) is 6.54 Å². The number of nitrogens with zero attached hydrogens (tertiary/aromatic N) is 3. The maximum Gasteiger partial charge on any atom is 0.0898 e. The second-order valence-electron chi connectivity index (χ2n) is 4.80. The van der Waals surface area contributed by atoms with Gasteiger partial charge in [0.2, 0.25) is 0 Å². The number of anilines is 1. The summed E-state index contributed by atoms with van der Waals surface area (Å²) in [5.74, 6) is 0. The van der Waals surface area contributed by atoms with Crippen LogP contribution in [0.2, 0.25) is 0 Å². The van der Waals surface area contributed by atoms with Gasteiger partial charge in [-0.05, 0) is 34.6 Å². The smallest absolute Gasteiger partial charge is 0.0898 e. The Labute approximate surface area is 112 Å². The molecule has 0 aliphatic heterocycles. The van der Waals surface area contributed by atoms with Crippen molar-refractivity contribution in [3.63, 3.8) is 0 Å². The maximum absolute atomic E-state index is 4.56. The van der Waals surface area contributed by atoms with Crippen molar-refractivity contribution in [2.24, 2.45) is 0 Å². The number of hydrogen-bond acceptors (Lipinski definition) is 4. The zero-order valence-corrected chi connectivity index (χ0v) is 12.4.